The van der Waals surface area contributed by atoms with Gasteiger partial charge in [-0.25, -0.2) is 9.23 Å². The monoisotopic (exact) mass is 273 g/mol. The number of anilines is 1. The van der Waals surface area contributed by atoms with Crippen LogP contribution >= 0.6 is 11.8 Å². The van der Waals surface area contributed by atoms with Gasteiger partial charge in [-0.15, -0.1) is 0 Å². The van der Waals surface area contributed by atoms with Crippen molar-refractivity contribution in [1.29, 1.82) is 0 Å². The summed E-state index contributed by atoms with van der Waals surface area (Å²) in [4.78, 5) is 6.96. The summed E-state index contributed by atoms with van der Waals surface area (Å²) in [5, 5.41) is 0. The van der Waals surface area contributed by atoms with E-state index in [1.165, 1.54) is 6.07 Å². The second-order valence-corrected chi connectivity index (χ2v) is 4.89. The molecule has 0 atom stereocenters. The second-order valence-electron chi connectivity index (χ2n) is 3.66. The molecular formula is C13H22FN2OS+. The SMILES string of the molecule is CC.CO[NH2+]c1ccc(N2CCSCC2)c(F)c1. The van der Waals surface area contributed by atoms with Crippen LogP contribution in [0.25, 0.3) is 0 Å². The number of rotatable bonds is 3. The lowest BCUT2D eigenvalue weighted by molar-refractivity contribution is -0.830. The minimum atomic E-state index is -0.169. The fourth-order valence-electron chi connectivity index (χ4n) is 1.79. The van der Waals surface area contributed by atoms with Gasteiger partial charge in [0, 0.05) is 36.7 Å². The van der Waals surface area contributed by atoms with Crippen LogP contribution in [0.2, 0.25) is 0 Å². The summed E-state index contributed by atoms with van der Waals surface area (Å²) in [7, 11) is 1.56. The third kappa shape index (κ3) is 4.15. The molecule has 18 heavy (non-hydrogen) atoms. The Morgan fingerprint density at radius 3 is 2.50 bits per heavy atom. The summed E-state index contributed by atoms with van der Waals surface area (Å²) in [5.41, 5.74) is 3.00. The zero-order valence-corrected chi connectivity index (χ0v) is 12.1. The molecule has 1 aliphatic rings. The number of nitrogens with zero attached hydrogens (tertiary/aromatic N) is 1. The van der Waals surface area contributed by atoms with Crippen molar-refractivity contribution in [2.75, 3.05) is 36.6 Å². The van der Waals surface area contributed by atoms with E-state index < -0.39 is 0 Å². The highest BCUT2D eigenvalue weighted by molar-refractivity contribution is 7.99. The van der Waals surface area contributed by atoms with Crippen molar-refractivity contribution in [2.24, 2.45) is 0 Å². The molecule has 1 aliphatic heterocycles. The Labute approximate surface area is 113 Å². The predicted molar refractivity (Wildman–Crippen MR) is 75.9 cm³/mol. The molecule has 1 aromatic carbocycles. The molecule has 0 radical (unpaired) electrons. The number of benzene rings is 1. The Morgan fingerprint density at radius 2 is 1.94 bits per heavy atom. The van der Waals surface area contributed by atoms with Crippen LogP contribution in [0.4, 0.5) is 15.8 Å². The van der Waals surface area contributed by atoms with E-state index in [1.54, 1.807) is 12.6 Å². The number of hydrogen-bond donors (Lipinski definition) is 1. The van der Waals surface area contributed by atoms with Crippen LogP contribution in [0.15, 0.2) is 18.2 Å². The van der Waals surface area contributed by atoms with Crippen LogP contribution in [-0.2, 0) is 4.84 Å². The first-order valence-electron chi connectivity index (χ1n) is 6.29. The van der Waals surface area contributed by atoms with Gasteiger partial charge >= 0.3 is 0 Å². The van der Waals surface area contributed by atoms with Gasteiger partial charge in [0.1, 0.15) is 0 Å². The fraction of sp³-hybridized carbons (Fsp3) is 0.538. The molecule has 0 spiro atoms. The average Bonchev–Trinajstić information content (AvgIpc) is 2.42. The van der Waals surface area contributed by atoms with Gasteiger partial charge in [-0.3, -0.25) is 0 Å². The zero-order chi connectivity index (χ0) is 13.4. The fourth-order valence-corrected chi connectivity index (χ4v) is 2.70. The molecule has 1 heterocycles. The van der Waals surface area contributed by atoms with Gasteiger partial charge in [0.05, 0.1) is 12.8 Å². The van der Waals surface area contributed by atoms with Crippen LogP contribution < -0.4 is 10.4 Å². The molecule has 0 aromatic heterocycles. The maximum Gasteiger partial charge on any atom is 0.165 e. The molecule has 0 unspecified atom stereocenters. The number of quaternary nitrogens is 1. The van der Waals surface area contributed by atoms with Crippen molar-refractivity contribution in [3.8, 4) is 0 Å². The lowest BCUT2D eigenvalue weighted by atomic mass is 10.2. The second kappa shape index (κ2) is 8.34. The normalized spacial score (nSPS) is 15.0. The van der Waals surface area contributed by atoms with E-state index in [0.717, 1.165) is 30.3 Å². The first-order chi connectivity index (χ1) is 8.81. The minimum absolute atomic E-state index is 0.169. The molecule has 0 aliphatic carbocycles. The molecule has 102 valence electrons. The quantitative estimate of drug-likeness (QED) is 0.676. The summed E-state index contributed by atoms with van der Waals surface area (Å²) in [6.07, 6.45) is 0. The molecule has 0 amide bonds. The largest absolute Gasteiger partial charge is 0.368 e. The number of thioether (sulfide) groups is 1. The van der Waals surface area contributed by atoms with Crippen molar-refractivity contribution >= 4 is 23.1 Å². The standard InChI is InChI=1S/C11H15FN2OS.C2H6/c1-15-13-9-2-3-11(10(12)8-9)14-4-6-16-7-5-14;1-2/h2-3,8,13H,4-7H2,1H3;1-2H3/p+1. The Hall–Kier alpha value is -0.780. The van der Waals surface area contributed by atoms with E-state index in [0.29, 0.717) is 5.69 Å². The molecule has 0 bridgehead atoms. The Bertz CT molecular complexity index is 357. The Kier molecular flexibility index (Phi) is 7.08. The third-order valence-corrected chi connectivity index (χ3v) is 3.52. The van der Waals surface area contributed by atoms with E-state index in [9.17, 15) is 4.39 Å². The van der Waals surface area contributed by atoms with E-state index >= 15 is 0 Å². The third-order valence-electron chi connectivity index (χ3n) is 2.58. The molecule has 3 nitrogen and oxygen atoms in total. The Balaban J connectivity index is 0.000000771. The number of hydrogen-bond acceptors (Lipinski definition) is 3. The van der Waals surface area contributed by atoms with Gasteiger partial charge in [0.2, 0.25) is 0 Å². The molecule has 1 saturated heterocycles. The highest BCUT2D eigenvalue weighted by atomic mass is 32.2. The first-order valence-corrected chi connectivity index (χ1v) is 7.45. The van der Waals surface area contributed by atoms with Crippen molar-refractivity contribution in [3.63, 3.8) is 0 Å². The molecule has 2 rings (SSSR count). The summed E-state index contributed by atoms with van der Waals surface area (Å²) in [6, 6.07) is 5.22. The van der Waals surface area contributed by atoms with Gasteiger partial charge in [-0.05, 0) is 6.07 Å². The van der Waals surface area contributed by atoms with Crippen molar-refractivity contribution in [2.45, 2.75) is 13.8 Å². The van der Waals surface area contributed by atoms with Crippen molar-refractivity contribution < 1.29 is 14.7 Å². The lowest BCUT2D eigenvalue weighted by Crippen LogP contribution is -2.75. The van der Waals surface area contributed by atoms with Gasteiger partial charge in [0.15, 0.2) is 11.5 Å². The zero-order valence-electron chi connectivity index (χ0n) is 11.3. The van der Waals surface area contributed by atoms with Crippen LogP contribution in [0.5, 0.6) is 0 Å². The molecular weight excluding hydrogens is 251 g/mol. The maximum absolute atomic E-state index is 13.8. The van der Waals surface area contributed by atoms with Crippen molar-refractivity contribution in [1.82, 2.24) is 0 Å². The van der Waals surface area contributed by atoms with Crippen LogP contribution in [0.1, 0.15) is 13.8 Å². The van der Waals surface area contributed by atoms with E-state index in [1.807, 2.05) is 37.7 Å². The Morgan fingerprint density at radius 1 is 1.28 bits per heavy atom. The van der Waals surface area contributed by atoms with Crippen LogP contribution in [-0.4, -0.2) is 31.7 Å². The van der Waals surface area contributed by atoms with Crippen LogP contribution in [0, 0.1) is 5.82 Å². The van der Waals surface area contributed by atoms with Gasteiger partial charge in [-0.2, -0.15) is 17.2 Å². The van der Waals surface area contributed by atoms with E-state index in [4.69, 9.17) is 4.84 Å². The number of halogens is 1. The topological polar surface area (TPSA) is 29.1 Å². The van der Waals surface area contributed by atoms with E-state index in [-0.39, 0.29) is 5.82 Å². The smallest absolute Gasteiger partial charge is 0.165 e. The lowest BCUT2D eigenvalue weighted by Gasteiger charge is -2.28. The summed E-state index contributed by atoms with van der Waals surface area (Å²) in [6.45, 7) is 5.85. The molecule has 1 fully saturated rings. The molecule has 0 saturated carbocycles. The maximum atomic E-state index is 13.8. The highest BCUT2D eigenvalue weighted by Crippen LogP contribution is 2.23. The van der Waals surface area contributed by atoms with Crippen molar-refractivity contribution in [3.05, 3.63) is 24.0 Å². The predicted octanol–water partition coefficient (Wildman–Crippen LogP) is 2.16. The van der Waals surface area contributed by atoms with E-state index in [2.05, 4.69) is 4.90 Å². The van der Waals surface area contributed by atoms with Gasteiger partial charge in [-0.1, -0.05) is 13.8 Å². The summed E-state index contributed by atoms with van der Waals surface area (Å²) in [5.74, 6) is 1.98. The molecule has 1 aromatic rings. The first kappa shape index (κ1) is 15.3. The van der Waals surface area contributed by atoms with Gasteiger partial charge < -0.3 is 4.90 Å². The summed E-state index contributed by atoms with van der Waals surface area (Å²) >= 11 is 1.92. The molecule has 5 heteroatoms. The van der Waals surface area contributed by atoms with Crippen LogP contribution in [0.3, 0.4) is 0 Å². The minimum Gasteiger partial charge on any atom is -0.368 e. The summed E-state index contributed by atoms with van der Waals surface area (Å²) < 4.78 is 13.8. The highest BCUT2D eigenvalue weighted by Gasteiger charge is 2.15. The van der Waals surface area contributed by atoms with Gasteiger partial charge in [0.25, 0.3) is 0 Å². The molecule has 2 N–H and O–H groups in total. The average molecular weight is 273 g/mol. The number of nitrogens with two attached hydrogens (primary N) is 1.